The molecule has 0 atom stereocenters. The predicted molar refractivity (Wildman–Crippen MR) is 90.9 cm³/mol. The van der Waals surface area contributed by atoms with Gasteiger partial charge in [-0.2, -0.15) is 5.10 Å². The van der Waals surface area contributed by atoms with Gasteiger partial charge in [0.2, 0.25) is 0 Å². The van der Waals surface area contributed by atoms with Gasteiger partial charge in [-0.25, -0.2) is 14.3 Å². The molecule has 2 heterocycles. The first kappa shape index (κ1) is 16.6. The van der Waals surface area contributed by atoms with Crippen molar-refractivity contribution in [1.82, 2.24) is 19.5 Å². The molecule has 7 heteroatoms. The number of esters is 1. The Balaban J connectivity index is 1.63. The zero-order chi connectivity index (χ0) is 17.8. The molecule has 0 saturated heterocycles. The van der Waals surface area contributed by atoms with Crippen molar-refractivity contribution in [2.45, 2.75) is 13.5 Å². The molecule has 0 spiro atoms. The minimum atomic E-state index is -0.604. The quantitative estimate of drug-likeness (QED) is 0.664. The van der Waals surface area contributed by atoms with Crippen molar-refractivity contribution in [3.8, 4) is 0 Å². The highest BCUT2D eigenvalue weighted by Gasteiger charge is 2.21. The molecular weight excluding hydrogens is 320 g/mol. The highest BCUT2D eigenvalue weighted by Crippen LogP contribution is 2.14. The van der Waals surface area contributed by atoms with Crippen LogP contribution < -0.4 is 0 Å². The number of hydrogen-bond acceptors (Lipinski definition) is 5. The molecule has 3 aromatic rings. The number of carbonyl (C=O) groups is 2. The normalized spacial score (nSPS) is 10.6. The number of ether oxygens (including phenoxy) is 1. The Labute approximate surface area is 144 Å². The van der Waals surface area contributed by atoms with Crippen LogP contribution in [-0.2, 0) is 16.1 Å². The van der Waals surface area contributed by atoms with Gasteiger partial charge in [0.1, 0.15) is 5.56 Å². The van der Waals surface area contributed by atoms with Crippen molar-refractivity contribution in [2.75, 3.05) is 13.7 Å². The van der Waals surface area contributed by atoms with E-state index < -0.39 is 5.97 Å². The lowest BCUT2D eigenvalue weighted by Gasteiger charge is -2.17. The van der Waals surface area contributed by atoms with E-state index in [1.165, 1.54) is 9.42 Å². The highest BCUT2D eigenvalue weighted by molar-refractivity contribution is 5.98. The third kappa shape index (κ3) is 3.65. The van der Waals surface area contributed by atoms with Crippen molar-refractivity contribution in [3.63, 3.8) is 0 Å². The second-order valence-electron chi connectivity index (χ2n) is 5.66. The smallest absolute Gasteiger partial charge is 0.344 e. The molecule has 0 unspecified atom stereocenters. The molecular formula is C18H18N4O3. The van der Waals surface area contributed by atoms with Crippen LogP contribution >= 0.6 is 0 Å². The average molecular weight is 338 g/mol. The number of likely N-dealkylation sites (N-methyl/N-ethyl adjacent to an activating group) is 1. The Bertz CT molecular complexity index is 905. The maximum absolute atomic E-state index is 12.3. The molecule has 0 radical (unpaired) electrons. The fraction of sp³-hybridized carbons (Fsp3) is 0.222. The lowest BCUT2D eigenvalue weighted by Crippen LogP contribution is -2.30. The van der Waals surface area contributed by atoms with E-state index in [0.29, 0.717) is 17.9 Å². The first-order valence-electron chi connectivity index (χ1n) is 7.81. The summed E-state index contributed by atoms with van der Waals surface area (Å²) < 4.78 is 6.68. The summed E-state index contributed by atoms with van der Waals surface area (Å²) in [6, 6.07) is 11.3. The van der Waals surface area contributed by atoms with E-state index in [9.17, 15) is 9.59 Å². The largest absolute Gasteiger partial charge is 0.452 e. The van der Waals surface area contributed by atoms with Crippen molar-refractivity contribution < 1.29 is 14.3 Å². The maximum atomic E-state index is 12.3. The summed E-state index contributed by atoms with van der Waals surface area (Å²) in [6.45, 7) is 1.83. The van der Waals surface area contributed by atoms with Crippen LogP contribution in [0.4, 0.5) is 0 Å². The number of amides is 1. The maximum Gasteiger partial charge on any atom is 0.344 e. The summed E-state index contributed by atoms with van der Waals surface area (Å²) in [4.78, 5) is 30.2. The van der Waals surface area contributed by atoms with E-state index in [0.717, 1.165) is 5.56 Å². The number of nitrogens with zero attached hydrogens (tertiary/aromatic N) is 4. The fourth-order valence-electron chi connectivity index (χ4n) is 2.49. The van der Waals surface area contributed by atoms with Crippen LogP contribution in [-0.4, -0.2) is 45.0 Å². The molecule has 0 aliphatic heterocycles. The van der Waals surface area contributed by atoms with Gasteiger partial charge in [-0.15, -0.1) is 0 Å². The van der Waals surface area contributed by atoms with E-state index >= 15 is 0 Å². The number of carbonyl (C=O) groups excluding carboxylic acids is 2. The van der Waals surface area contributed by atoms with Gasteiger partial charge in [-0.3, -0.25) is 4.79 Å². The predicted octanol–water partition coefficient (Wildman–Crippen LogP) is 1.85. The van der Waals surface area contributed by atoms with E-state index in [1.54, 1.807) is 32.4 Å². The summed E-state index contributed by atoms with van der Waals surface area (Å²) >= 11 is 0. The van der Waals surface area contributed by atoms with Crippen LogP contribution in [0.2, 0.25) is 0 Å². The molecule has 0 aliphatic rings. The Hall–Kier alpha value is -3.22. The molecule has 0 fully saturated rings. The second-order valence-corrected chi connectivity index (χ2v) is 5.66. The lowest BCUT2D eigenvalue weighted by molar-refractivity contribution is -0.133. The van der Waals surface area contributed by atoms with E-state index in [-0.39, 0.29) is 18.1 Å². The van der Waals surface area contributed by atoms with Gasteiger partial charge in [0.15, 0.2) is 12.3 Å². The van der Waals surface area contributed by atoms with Gasteiger partial charge in [-0.05, 0) is 18.6 Å². The van der Waals surface area contributed by atoms with Crippen molar-refractivity contribution in [1.29, 1.82) is 0 Å². The molecule has 0 N–H and O–H groups in total. The van der Waals surface area contributed by atoms with E-state index in [1.807, 2.05) is 30.3 Å². The minimum absolute atomic E-state index is 0.277. The average Bonchev–Trinajstić information content (AvgIpc) is 2.96. The Morgan fingerprint density at radius 3 is 2.72 bits per heavy atom. The van der Waals surface area contributed by atoms with Crippen LogP contribution in [0.1, 0.15) is 21.6 Å². The molecule has 2 aromatic heterocycles. The van der Waals surface area contributed by atoms with Gasteiger partial charge >= 0.3 is 5.97 Å². The number of aryl methyl sites for hydroxylation is 1. The number of fused-ring (bicyclic) bond motifs is 1. The molecule has 25 heavy (non-hydrogen) atoms. The Kier molecular flexibility index (Phi) is 4.74. The van der Waals surface area contributed by atoms with Gasteiger partial charge in [0.25, 0.3) is 5.91 Å². The van der Waals surface area contributed by atoms with Crippen molar-refractivity contribution >= 4 is 17.5 Å². The summed E-state index contributed by atoms with van der Waals surface area (Å²) in [6.07, 6.45) is 3.27. The Morgan fingerprint density at radius 1 is 1.20 bits per heavy atom. The fourth-order valence-corrected chi connectivity index (χ4v) is 2.49. The number of rotatable bonds is 5. The van der Waals surface area contributed by atoms with Crippen LogP contribution in [0.15, 0.2) is 48.8 Å². The summed E-state index contributed by atoms with van der Waals surface area (Å²) in [7, 11) is 1.67. The van der Waals surface area contributed by atoms with Crippen LogP contribution in [0, 0.1) is 6.92 Å². The van der Waals surface area contributed by atoms with Gasteiger partial charge < -0.3 is 9.64 Å². The molecule has 0 aliphatic carbocycles. The first-order valence-corrected chi connectivity index (χ1v) is 7.81. The van der Waals surface area contributed by atoms with Gasteiger partial charge in [0, 0.05) is 26.0 Å². The lowest BCUT2D eigenvalue weighted by atomic mass is 10.2. The summed E-state index contributed by atoms with van der Waals surface area (Å²) in [5.41, 5.74) is 2.20. The number of aromatic nitrogens is 3. The topological polar surface area (TPSA) is 76.8 Å². The summed E-state index contributed by atoms with van der Waals surface area (Å²) in [5, 5.41) is 4.21. The minimum Gasteiger partial charge on any atom is -0.452 e. The van der Waals surface area contributed by atoms with Gasteiger partial charge in [-0.1, -0.05) is 30.3 Å². The zero-order valence-electron chi connectivity index (χ0n) is 14.0. The molecule has 0 saturated carbocycles. The highest BCUT2D eigenvalue weighted by atomic mass is 16.5. The van der Waals surface area contributed by atoms with E-state index in [2.05, 4.69) is 10.1 Å². The first-order chi connectivity index (χ1) is 12.1. The Morgan fingerprint density at radius 2 is 1.96 bits per heavy atom. The monoisotopic (exact) mass is 338 g/mol. The molecule has 3 rings (SSSR count). The molecule has 1 aromatic carbocycles. The molecule has 128 valence electrons. The van der Waals surface area contributed by atoms with E-state index in [4.69, 9.17) is 4.74 Å². The van der Waals surface area contributed by atoms with Crippen molar-refractivity contribution in [2.24, 2.45) is 0 Å². The summed E-state index contributed by atoms with van der Waals surface area (Å²) in [5.74, 6) is -0.882. The SMILES string of the molecule is Cc1nn2cccnc2c1C(=O)OCC(=O)N(C)Cc1ccccc1. The molecule has 0 bridgehead atoms. The van der Waals surface area contributed by atoms with Crippen LogP contribution in [0.25, 0.3) is 5.65 Å². The number of benzene rings is 1. The second kappa shape index (κ2) is 7.12. The third-order valence-electron chi connectivity index (χ3n) is 3.79. The van der Waals surface area contributed by atoms with Crippen molar-refractivity contribution in [3.05, 3.63) is 65.6 Å². The molecule has 1 amide bonds. The zero-order valence-corrected chi connectivity index (χ0v) is 14.0. The third-order valence-corrected chi connectivity index (χ3v) is 3.79. The molecule has 7 nitrogen and oxygen atoms in total. The van der Waals surface area contributed by atoms with Crippen LogP contribution in [0.3, 0.4) is 0 Å². The van der Waals surface area contributed by atoms with Gasteiger partial charge in [0.05, 0.1) is 5.69 Å². The number of hydrogen-bond donors (Lipinski definition) is 0. The standard InChI is InChI=1S/C18H18N4O3/c1-13-16(17-19-9-6-10-22(17)20-13)18(24)25-12-15(23)21(2)11-14-7-4-3-5-8-14/h3-10H,11-12H2,1-2H3. The van der Waals surface area contributed by atoms with Crippen LogP contribution in [0.5, 0.6) is 0 Å².